The lowest BCUT2D eigenvalue weighted by Gasteiger charge is -2.43. The summed E-state index contributed by atoms with van der Waals surface area (Å²) in [5, 5.41) is 34.1. The molecule has 4 aliphatic heterocycles. The lowest BCUT2D eigenvalue weighted by atomic mass is 9.78. The zero-order valence-corrected chi connectivity index (χ0v) is 49.8. The lowest BCUT2D eigenvalue weighted by molar-refractivity contribution is -0.300. The molecule has 1 aliphatic carbocycles. The lowest BCUT2D eigenvalue weighted by Crippen LogP contribution is -2.61. The minimum Gasteiger partial charge on any atom is -0.460 e. The maximum Gasteiger partial charge on any atom is 0.329 e. The highest BCUT2D eigenvalue weighted by Gasteiger charge is 2.53. The minimum atomic E-state index is -2.47. The van der Waals surface area contributed by atoms with Crippen molar-refractivity contribution in [3.63, 3.8) is 0 Å². The summed E-state index contributed by atoms with van der Waals surface area (Å²) in [6.45, 7) is 15.7. The van der Waals surface area contributed by atoms with Gasteiger partial charge in [-0.2, -0.15) is 0 Å². The average molecular weight is 1130 g/mol. The fraction of sp³-hybridized carbons (Fsp3) is 0.688. The van der Waals surface area contributed by atoms with E-state index in [0.717, 1.165) is 11.1 Å². The number of amides is 1. The standard InChI is InChI=1S/C64H93NO16/c1-39-20-14-12-15-21-40(2)53(75-10)34-48-27-25-45(7)64(74,81-48)58(70)59(71)65-29-19-18-24-50(65)60(72)79-54(35-51(67)41(3)31-44(6)57(69)49(36-66)56(68)43(5)30-39)42(4)32-46-26-28-52(55(33-46)76-11)80-61(73)62(8)37-77-63(9,78-38-62)47-22-16-13-17-23-47/h12-17,20-23,31,39,41-43,45-46,48-50,52-55,57,66,69,74H,18-19,24-30,32-38H2,1-11H3/b15-12+,20-14+,40-21+,44-31+/t39-,41-,42-,43-,45-,46+,48+,49+,50+,52-,53+,54+,55-,57-,62?,63?,64-/m1/s1. The second kappa shape index (κ2) is 29.2. The Hall–Kier alpha value is -4.72. The van der Waals surface area contributed by atoms with E-state index in [0.29, 0.717) is 63.4 Å². The number of aliphatic hydroxyl groups is 3. The van der Waals surface area contributed by atoms with E-state index in [-0.39, 0.29) is 62.4 Å². The van der Waals surface area contributed by atoms with Gasteiger partial charge in [0.1, 0.15) is 35.2 Å². The minimum absolute atomic E-state index is 0.0146. The van der Waals surface area contributed by atoms with E-state index in [1.807, 2.05) is 88.4 Å². The first-order valence-corrected chi connectivity index (χ1v) is 29.5. The summed E-state index contributed by atoms with van der Waals surface area (Å²) >= 11 is 0. The molecule has 0 unspecified atom stereocenters. The number of nitrogens with zero attached hydrogens (tertiary/aromatic N) is 1. The predicted molar refractivity (Wildman–Crippen MR) is 303 cm³/mol. The molecule has 4 heterocycles. The van der Waals surface area contributed by atoms with Crippen LogP contribution in [0, 0.1) is 46.8 Å². The van der Waals surface area contributed by atoms with Gasteiger partial charge < -0.3 is 53.4 Å². The molecule has 6 rings (SSSR count). The molecule has 1 aromatic rings. The van der Waals surface area contributed by atoms with E-state index in [2.05, 4.69) is 0 Å². The van der Waals surface area contributed by atoms with Crippen LogP contribution in [0.2, 0.25) is 0 Å². The van der Waals surface area contributed by atoms with Gasteiger partial charge in [0.25, 0.3) is 11.7 Å². The third-order valence-corrected chi connectivity index (χ3v) is 18.0. The number of rotatable bonds is 9. The summed E-state index contributed by atoms with van der Waals surface area (Å²) in [7, 11) is 3.14. The van der Waals surface area contributed by atoms with Gasteiger partial charge in [0.05, 0.1) is 50.2 Å². The van der Waals surface area contributed by atoms with Crippen LogP contribution in [0.1, 0.15) is 145 Å². The number of aliphatic hydroxyl groups excluding tert-OH is 2. The van der Waals surface area contributed by atoms with Crippen LogP contribution < -0.4 is 0 Å². The van der Waals surface area contributed by atoms with Crippen LogP contribution in [0.4, 0.5) is 0 Å². The molecule has 3 saturated heterocycles. The van der Waals surface area contributed by atoms with Crippen molar-refractivity contribution in [3.8, 4) is 0 Å². The number of hydrogen-bond acceptors (Lipinski definition) is 16. The average Bonchev–Trinajstić information content (AvgIpc) is 3.55. The van der Waals surface area contributed by atoms with Gasteiger partial charge in [-0.05, 0) is 121 Å². The molecule has 81 heavy (non-hydrogen) atoms. The summed E-state index contributed by atoms with van der Waals surface area (Å²) in [5.74, 6) is -11.3. The van der Waals surface area contributed by atoms with Crippen molar-refractivity contribution in [1.82, 2.24) is 4.90 Å². The van der Waals surface area contributed by atoms with Gasteiger partial charge >= 0.3 is 11.9 Å². The van der Waals surface area contributed by atoms with Gasteiger partial charge in [-0.3, -0.25) is 24.0 Å². The van der Waals surface area contributed by atoms with Crippen molar-refractivity contribution in [2.45, 2.75) is 194 Å². The molecule has 0 aromatic heterocycles. The number of fused-ring (bicyclic) bond motifs is 3. The van der Waals surface area contributed by atoms with Gasteiger partial charge in [-0.25, -0.2) is 4.79 Å². The second-order valence-corrected chi connectivity index (χ2v) is 24.5. The van der Waals surface area contributed by atoms with Gasteiger partial charge in [-0.1, -0.05) is 101 Å². The van der Waals surface area contributed by atoms with Crippen LogP contribution in [0.25, 0.3) is 0 Å². The third kappa shape index (κ3) is 16.3. The van der Waals surface area contributed by atoms with Crippen LogP contribution in [0.3, 0.4) is 0 Å². The van der Waals surface area contributed by atoms with Gasteiger partial charge in [0.15, 0.2) is 5.79 Å². The van der Waals surface area contributed by atoms with Crippen LogP contribution in [0.5, 0.6) is 0 Å². The highest BCUT2D eigenvalue weighted by molar-refractivity contribution is 6.39. The number of benzene rings is 1. The number of ether oxygens (including phenoxy) is 7. The normalized spacial score (nSPS) is 39.5. The van der Waals surface area contributed by atoms with E-state index >= 15 is 0 Å². The number of methoxy groups -OCH3 is 2. The molecule has 0 spiro atoms. The number of esters is 2. The third-order valence-electron chi connectivity index (χ3n) is 18.0. The van der Waals surface area contributed by atoms with Gasteiger partial charge in [-0.15, -0.1) is 0 Å². The Balaban J connectivity index is 1.24. The fourth-order valence-electron chi connectivity index (χ4n) is 12.3. The van der Waals surface area contributed by atoms with E-state index in [9.17, 15) is 44.1 Å². The fourth-order valence-corrected chi connectivity index (χ4v) is 12.3. The molecule has 450 valence electrons. The molecular weight excluding hydrogens is 1040 g/mol. The van der Waals surface area contributed by atoms with E-state index in [1.165, 1.54) is 4.90 Å². The molecule has 15 atom stereocenters. The zero-order chi connectivity index (χ0) is 59.4. The zero-order valence-electron chi connectivity index (χ0n) is 49.8. The van der Waals surface area contributed by atoms with E-state index in [4.69, 9.17) is 33.2 Å². The predicted octanol–water partition coefficient (Wildman–Crippen LogP) is 8.25. The Morgan fingerprint density at radius 2 is 1.54 bits per heavy atom. The van der Waals surface area contributed by atoms with E-state index in [1.54, 1.807) is 54.9 Å². The van der Waals surface area contributed by atoms with Crippen molar-refractivity contribution < 1.29 is 77.2 Å². The summed E-state index contributed by atoms with van der Waals surface area (Å²) < 4.78 is 42.9. The van der Waals surface area contributed by atoms with Crippen LogP contribution >= 0.6 is 0 Å². The topological polar surface area (TPSA) is 231 Å². The summed E-state index contributed by atoms with van der Waals surface area (Å²) in [5.41, 5.74) is 0.954. The number of hydrogen-bond donors (Lipinski definition) is 3. The number of cyclic esters (lactones) is 1. The number of Topliss-reactive ketones (excluding diaryl/α,β-unsaturated/α-hetero) is 3. The SMILES string of the molecule is CO[C@H]1C[C@@H]2CC[C@@H](C)[C@@](O)(O2)C(=O)C(=O)N2CCCC[C@H]2C(=O)O[C@H]([C@H](C)C[C@@H]2CC[C@@H](OC(=O)C3(C)COC(C)(c4ccccc4)OC3)[C@H](OC)C2)CC(=O)[C@H](C)/C=C(\C)[C@@H](O)[C@@H](CO)C(=O)[C@H](C)C[C@H](C)/C=C/C=C/C=C/1C. The Kier molecular flexibility index (Phi) is 23.6. The van der Waals surface area contributed by atoms with Crippen molar-refractivity contribution in [2.75, 3.05) is 40.6 Å². The Morgan fingerprint density at radius 3 is 2.21 bits per heavy atom. The summed E-state index contributed by atoms with van der Waals surface area (Å²) in [6.07, 6.45) is 11.2. The summed E-state index contributed by atoms with van der Waals surface area (Å²) in [6, 6.07) is 8.33. The Bertz CT molecular complexity index is 2440. The van der Waals surface area contributed by atoms with Crippen molar-refractivity contribution in [2.24, 2.45) is 46.8 Å². The number of carbonyl (C=O) groups is 6. The molecule has 4 fully saturated rings. The quantitative estimate of drug-likeness (QED) is 0.120. The molecule has 5 aliphatic rings. The molecule has 17 nitrogen and oxygen atoms in total. The van der Waals surface area contributed by atoms with Gasteiger partial charge in [0.2, 0.25) is 5.79 Å². The maximum atomic E-state index is 14.7. The number of allylic oxidation sites excluding steroid dienone is 6. The first-order chi connectivity index (χ1) is 38.4. The highest BCUT2D eigenvalue weighted by atomic mass is 16.7. The van der Waals surface area contributed by atoms with Crippen molar-refractivity contribution >= 4 is 35.2 Å². The van der Waals surface area contributed by atoms with Crippen LogP contribution in [-0.4, -0.2) is 144 Å². The number of piperidine rings is 1. The van der Waals surface area contributed by atoms with Crippen molar-refractivity contribution in [1.29, 1.82) is 0 Å². The van der Waals surface area contributed by atoms with Crippen LogP contribution in [-0.2, 0) is 67.7 Å². The Morgan fingerprint density at radius 1 is 0.840 bits per heavy atom. The first kappa shape index (κ1) is 65.4. The molecule has 1 amide bonds. The smallest absolute Gasteiger partial charge is 0.329 e. The number of carbonyl (C=O) groups excluding carboxylic acids is 6. The Labute approximate surface area is 480 Å². The maximum absolute atomic E-state index is 14.7. The molecule has 0 radical (unpaired) electrons. The molecule has 17 heteroatoms. The molecule has 3 N–H and O–H groups in total. The largest absolute Gasteiger partial charge is 0.460 e. The summed E-state index contributed by atoms with van der Waals surface area (Å²) in [4.78, 5) is 86.8. The molecule has 1 aromatic carbocycles. The molecule has 2 bridgehead atoms. The monoisotopic (exact) mass is 1130 g/mol. The van der Waals surface area contributed by atoms with E-state index < -0.39 is 119 Å². The van der Waals surface area contributed by atoms with Gasteiger partial charge in [0, 0.05) is 56.9 Å². The highest BCUT2D eigenvalue weighted by Crippen LogP contribution is 2.41. The first-order valence-electron chi connectivity index (χ1n) is 29.5. The van der Waals surface area contributed by atoms with Crippen molar-refractivity contribution in [3.05, 3.63) is 83.5 Å². The second-order valence-electron chi connectivity index (χ2n) is 24.5. The number of ketones is 3. The molecular formula is C64H93NO16. The molecule has 1 saturated carbocycles. The van der Waals surface area contributed by atoms with Crippen LogP contribution in [0.15, 0.2) is 77.9 Å².